The first-order valence-electron chi connectivity index (χ1n) is 7.78. The minimum atomic E-state index is 0. The number of nitrogens with one attached hydrogen (secondary N) is 2. The minimum absolute atomic E-state index is 0. The number of thioether (sulfide) groups is 1. The Balaban J connectivity index is 0.00000264. The first kappa shape index (κ1) is 21.1. The van der Waals surface area contributed by atoms with Crippen molar-refractivity contribution in [3.05, 3.63) is 22.4 Å². The molecule has 2 N–H and O–H groups in total. The fraction of sp³-hybridized carbons (Fsp3) is 0.688. The van der Waals surface area contributed by atoms with Gasteiger partial charge in [0.25, 0.3) is 0 Å². The molecule has 2 rings (SSSR count). The van der Waals surface area contributed by atoms with Gasteiger partial charge in [0.1, 0.15) is 0 Å². The van der Waals surface area contributed by atoms with E-state index in [2.05, 4.69) is 45.6 Å². The zero-order valence-electron chi connectivity index (χ0n) is 14.1. The SMILES string of the molecule is CN=C(NCC(C)c1ccsc1)NCC1(SC)CCOCC1.I. The summed E-state index contributed by atoms with van der Waals surface area (Å²) in [4.78, 5) is 4.35. The topological polar surface area (TPSA) is 45.7 Å². The first-order chi connectivity index (χ1) is 10.7. The maximum atomic E-state index is 5.49. The maximum Gasteiger partial charge on any atom is 0.191 e. The van der Waals surface area contributed by atoms with Gasteiger partial charge in [-0.15, -0.1) is 24.0 Å². The summed E-state index contributed by atoms with van der Waals surface area (Å²) < 4.78 is 5.77. The molecule has 0 spiro atoms. The minimum Gasteiger partial charge on any atom is -0.381 e. The molecule has 0 aliphatic carbocycles. The predicted molar refractivity (Wildman–Crippen MR) is 114 cm³/mol. The molecule has 2 heterocycles. The third kappa shape index (κ3) is 6.43. The quantitative estimate of drug-likeness (QED) is 0.380. The van der Waals surface area contributed by atoms with Gasteiger partial charge in [-0.05, 0) is 47.4 Å². The van der Waals surface area contributed by atoms with Crippen molar-refractivity contribution in [1.82, 2.24) is 10.6 Å². The molecule has 1 aliphatic heterocycles. The third-order valence-electron chi connectivity index (χ3n) is 4.33. The molecule has 0 radical (unpaired) electrons. The molecule has 1 unspecified atom stereocenters. The second kappa shape index (κ2) is 10.8. The van der Waals surface area contributed by atoms with Crippen molar-refractivity contribution in [3.8, 4) is 0 Å². The van der Waals surface area contributed by atoms with Gasteiger partial charge in [-0.3, -0.25) is 4.99 Å². The number of hydrogen-bond donors (Lipinski definition) is 2. The van der Waals surface area contributed by atoms with Crippen LogP contribution in [0.3, 0.4) is 0 Å². The molecule has 1 fully saturated rings. The lowest BCUT2D eigenvalue weighted by molar-refractivity contribution is 0.0783. The average Bonchev–Trinajstić information content (AvgIpc) is 3.10. The molecule has 23 heavy (non-hydrogen) atoms. The van der Waals surface area contributed by atoms with Crippen LogP contribution in [-0.4, -0.2) is 50.3 Å². The highest BCUT2D eigenvalue weighted by Gasteiger charge is 2.31. The van der Waals surface area contributed by atoms with Gasteiger partial charge >= 0.3 is 0 Å². The third-order valence-corrected chi connectivity index (χ3v) is 6.45. The van der Waals surface area contributed by atoms with Crippen LogP contribution < -0.4 is 10.6 Å². The molecular weight excluding hydrogens is 441 g/mol. The molecule has 0 aromatic carbocycles. The Kier molecular flexibility index (Phi) is 9.87. The van der Waals surface area contributed by atoms with Crippen molar-refractivity contribution in [2.75, 3.05) is 39.6 Å². The van der Waals surface area contributed by atoms with E-state index in [1.165, 1.54) is 5.56 Å². The van der Waals surface area contributed by atoms with Crippen LogP contribution in [0.2, 0.25) is 0 Å². The molecule has 0 amide bonds. The number of thiophene rings is 1. The molecule has 0 bridgehead atoms. The number of ether oxygens (including phenoxy) is 1. The van der Waals surface area contributed by atoms with Gasteiger partial charge in [-0.2, -0.15) is 23.1 Å². The van der Waals surface area contributed by atoms with Crippen LogP contribution in [0, 0.1) is 0 Å². The highest BCUT2D eigenvalue weighted by atomic mass is 127. The van der Waals surface area contributed by atoms with E-state index in [4.69, 9.17) is 4.74 Å². The first-order valence-corrected chi connectivity index (χ1v) is 9.95. The summed E-state index contributed by atoms with van der Waals surface area (Å²) in [6.45, 7) is 5.80. The highest BCUT2D eigenvalue weighted by molar-refractivity contribution is 14.0. The Bertz CT molecular complexity index is 462. The smallest absolute Gasteiger partial charge is 0.191 e. The lowest BCUT2D eigenvalue weighted by Crippen LogP contribution is -2.48. The fourth-order valence-corrected chi connectivity index (χ4v) is 4.16. The molecule has 1 saturated heterocycles. The Morgan fingerprint density at radius 2 is 2.17 bits per heavy atom. The van der Waals surface area contributed by atoms with Gasteiger partial charge in [-0.25, -0.2) is 0 Å². The van der Waals surface area contributed by atoms with Gasteiger partial charge < -0.3 is 15.4 Å². The number of rotatable bonds is 6. The molecular formula is C16H28IN3OS2. The van der Waals surface area contributed by atoms with Crippen molar-refractivity contribution in [2.24, 2.45) is 4.99 Å². The predicted octanol–water partition coefficient (Wildman–Crippen LogP) is 3.55. The lowest BCUT2D eigenvalue weighted by atomic mass is 9.99. The summed E-state index contributed by atoms with van der Waals surface area (Å²) >= 11 is 3.70. The van der Waals surface area contributed by atoms with E-state index in [1.54, 1.807) is 11.3 Å². The van der Waals surface area contributed by atoms with E-state index in [0.29, 0.717) is 5.92 Å². The Hall–Kier alpha value is 0.01000. The number of halogens is 1. The molecule has 1 aliphatic rings. The molecule has 4 nitrogen and oxygen atoms in total. The van der Waals surface area contributed by atoms with E-state index in [9.17, 15) is 0 Å². The number of guanidine groups is 1. The highest BCUT2D eigenvalue weighted by Crippen LogP contribution is 2.32. The summed E-state index contributed by atoms with van der Waals surface area (Å²) in [5, 5.41) is 11.3. The van der Waals surface area contributed by atoms with E-state index < -0.39 is 0 Å². The fourth-order valence-electron chi connectivity index (χ4n) is 2.58. The Morgan fingerprint density at radius 3 is 2.74 bits per heavy atom. The molecule has 1 atom stereocenters. The normalized spacial score (nSPS) is 18.8. The maximum absolute atomic E-state index is 5.49. The van der Waals surface area contributed by atoms with Crippen LogP contribution in [0.4, 0.5) is 0 Å². The Labute approximate surface area is 165 Å². The van der Waals surface area contributed by atoms with Gasteiger partial charge in [0, 0.05) is 38.1 Å². The van der Waals surface area contributed by atoms with E-state index in [-0.39, 0.29) is 28.7 Å². The van der Waals surface area contributed by atoms with E-state index in [0.717, 1.165) is 45.1 Å². The summed E-state index contributed by atoms with van der Waals surface area (Å²) in [6, 6.07) is 2.19. The summed E-state index contributed by atoms with van der Waals surface area (Å²) in [7, 11) is 1.83. The molecule has 1 aromatic heterocycles. The average molecular weight is 469 g/mol. The van der Waals surface area contributed by atoms with Crippen molar-refractivity contribution in [2.45, 2.75) is 30.4 Å². The van der Waals surface area contributed by atoms with E-state index in [1.807, 2.05) is 18.8 Å². The second-order valence-electron chi connectivity index (χ2n) is 5.76. The van der Waals surface area contributed by atoms with Crippen LogP contribution in [0.15, 0.2) is 21.8 Å². The Morgan fingerprint density at radius 1 is 1.43 bits per heavy atom. The van der Waals surface area contributed by atoms with Gasteiger partial charge in [-0.1, -0.05) is 6.92 Å². The number of nitrogens with zero attached hydrogens (tertiary/aromatic N) is 1. The summed E-state index contributed by atoms with van der Waals surface area (Å²) in [6.07, 6.45) is 4.40. The van der Waals surface area contributed by atoms with Crippen molar-refractivity contribution in [1.29, 1.82) is 0 Å². The molecule has 7 heteroatoms. The molecule has 0 saturated carbocycles. The number of aliphatic imine (C=N–C) groups is 1. The van der Waals surface area contributed by atoms with E-state index >= 15 is 0 Å². The monoisotopic (exact) mass is 469 g/mol. The van der Waals surface area contributed by atoms with Crippen molar-refractivity contribution >= 4 is 53.0 Å². The van der Waals surface area contributed by atoms with Gasteiger partial charge in [0.15, 0.2) is 5.96 Å². The molecule has 132 valence electrons. The van der Waals surface area contributed by atoms with Crippen molar-refractivity contribution in [3.63, 3.8) is 0 Å². The second-order valence-corrected chi connectivity index (χ2v) is 7.82. The summed E-state index contributed by atoms with van der Waals surface area (Å²) in [5.74, 6) is 1.38. The zero-order chi connectivity index (χ0) is 15.8. The lowest BCUT2D eigenvalue weighted by Gasteiger charge is -2.36. The van der Waals surface area contributed by atoms with Crippen LogP contribution in [0.25, 0.3) is 0 Å². The number of hydrogen-bond acceptors (Lipinski definition) is 4. The standard InChI is InChI=1S/C16H27N3OS2.HI/c1-13(14-4-9-22-11-14)10-18-15(17-2)19-12-16(21-3)5-7-20-8-6-16;/h4,9,11,13H,5-8,10,12H2,1-3H3,(H2,17,18,19);1H. The van der Waals surface area contributed by atoms with Crippen LogP contribution in [-0.2, 0) is 4.74 Å². The largest absolute Gasteiger partial charge is 0.381 e. The van der Waals surface area contributed by atoms with Crippen LogP contribution >= 0.6 is 47.1 Å². The van der Waals surface area contributed by atoms with Crippen molar-refractivity contribution < 1.29 is 4.74 Å². The molecule has 1 aromatic rings. The van der Waals surface area contributed by atoms with Crippen LogP contribution in [0.5, 0.6) is 0 Å². The zero-order valence-corrected chi connectivity index (χ0v) is 18.1. The van der Waals surface area contributed by atoms with Crippen LogP contribution in [0.1, 0.15) is 31.2 Å². The van der Waals surface area contributed by atoms with Gasteiger partial charge in [0.2, 0.25) is 0 Å². The van der Waals surface area contributed by atoms with Gasteiger partial charge in [0.05, 0.1) is 0 Å². The summed E-state index contributed by atoms with van der Waals surface area (Å²) in [5.41, 5.74) is 1.39.